The van der Waals surface area contributed by atoms with E-state index in [0.717, 1.165) is 68.1 Å². The number of aryl methyl sites for hydroxylation is 2. The van der Waals surface area contributed by atoms with E-state index in [4.69, 9.17) is 4.74 Å². The Morgan fingerprint density at radius 1 is 1.03 bits per heavy atom. The van der Waals surface area contributed by atoms with Crippen molar-refractivity contribution in [2.75, 3.05) is 12.3 Å². The lowest BCUT2D eigenvalue weighted by Gasteiger charge is -2.36. The second-order valence-electron chi connectivity index (χ2n) is 11.6. The molecule has 0 aromatic heterocycles. The molecule has 2 atom stereocenters. The minimum Gasteiger partial charge on any atom is -0.444 e. The number of unbranched alkanes of at least 4 members (excludes halogenated alkanes) is 3. The summed E-state index contributed by atoms with van der Waals surface area (Å²) in [6.07, 6.45) is 8.45. The topological polar surface area (TPSA) is 87.7 Å². The predicted molar refractivity (Wildman–Crippen MR) is 157 cm³/mol. The molecule has 1 aliphatic carbocycles. The largest absolute Gasteiger partial charge is 0.444 e. The van der Waals surface area contributed by atoms with Crippen LogP contribution in [0.4, 0.5) is 4.79 Å². The quantitative estimate of drug-likeness (QED) is 0.220. The number of nitrogens with one attached hydrogen (secondary N) is 2. The smallest absolute Gasteiger partial charge is 0.408 e. The third-order valence-electron chi connectivity index (χ3n) is 6.78. The summed E-state index contributed by atoms with van der Waals surface area (Å²) < 4.78 is 5.40. The average Bonchev–Trinajstić information content (AvgIpc) is 2.82. The van der Waals surface area contributed by atoms with E-state index in [9.17, 15) is 14.4 Å². The molecule has 1 saturated carbocycles. The fourth-order valence-electron chi connectivity index (χ4n) is 5.08. The van der Waals surface area contributed by atoms with Gasteiger partial charge in [0.2, 0.25) is 11.8 Å². The average molecular weight is 548 g/mol. The van der Waals surface area contributed by atoms with Gasteiger partial charge in [0.1, 0.15) is 17.7 Å². The van der Waals surface area contributed by atoms with E-state index in [1.165, 1.54) is 6.42 Å². The summed E-state index contributed by atoms with van der Waals surface area (Å²) >= 11 is 4.39. The third-order valence-corrected chi connectivity index (χ3v) is 7.14. The van der Waals surface area contributed by atoms with Crippen molar-refractivity contribution in [2.45, 2.75) is 123 Å². The van der Waals surface area contributed by atoms with E-state index in [1.54, 1.807) is 25.7 Å². The summed E-state index contributed by atoms with van der Waals surface area (Å²) in [7, 11) is 0. The van der Waals surface area contributed by atoms with Crippen LogP contribution in [-0.4, -0.2) is 52.8 Å². The minimum absolute atomic E-state index is 0.0906. The zero-order valence-electron chi connectivity index (χ0n) is 24.3. The van der Waals surface area contributed by atoms with Gasteiger partial charge in [-0.1, -0.05) is 74.8 Å². The van der Waals surface area contributed by atoms with Gasteiger partial charge < -0.3 is 20.3 Å². The fraction of sp³-hybridized carbons (Fsp3) is 0.700. The van der Waals surface area contributed by atoms with Crippen LogP contribution in [0.1, 0.15) is 108 Å². The molecule has 0 radical (unpaired) electrons. The molecule has 1 fully saturated rings. The Hall–Kier alpha value is -2.22. The maximum atomic E-state index is 14.0. The Morgan fingerprint density at radius 2 is 1.66 bits per heavy atom. The number of carbonyl (C=O) groups is 3. The van der Waals surface area contributed by atoms with Crippen LogP contribution in [0.2, 0.25) is 0 Å². The second-order valence-corrected chi connectivity index (χ2v) is 12.0. The molecule has 1 aromatic rings. The molecule has 1 aromatic carbocycles. The predicted octanol–water partition coefficient (Wildman–Crippen LogP) is 6.03. The lowest BCUT2D eigenvalue weighted by atomic mass is 9.94. The number of carbonyl (C=O) groups excluding carboxylic acids is 3. The molecule has 0 spiro atoms. The van der Waals surface area contributed by atoms with Gasteiger partial charge in [-0.05, 0) is 59.4 Å². The van der Waals surface area contributed by atoms with Gasteiger partial charge in [0.25, 0.3) is 0 Å². The lowest BCUT2D eigenvalue weighted by Crippen LogP contribution is -2.54. The van der Waals surface area contributed by atoms with Crippen molar-refractivity contribution >= 4 is 30.5 Å². The van der Waals surface area contributed by atoms with E-state index in [0.29, 0.717) is 6.54 Å². The SMILES string of the molecule is CCCCCCN(C(=O)C(CS)NC(=O)OC(C)(C)C)C(C(=O)NC1CCCCC1)c1cc(C)cc(C)c1. The van der Waals surface area contributed by atoms with Gasteiger partial charge in [-0.15, -0.1) is 0 Å². The van der Waals surface area contributed by atoms with Gasteiger partial charge >= 0.3 is 6.09 Å². The highest BCUT2D eigenvalue weighted by molar-refractivity contribution is 7.80. The molecule has 0 saturated heterocycles. The number of nitrogens with zero attached hydrogens (tertiary/aromatic N) is 1. The van der Waals surface area contributed by atoms with Crippen LogP contribution < -0.4 is 10.6 Å². The first kappa shape index (κ1) is 32.0. The van der Waals surface area contributed by atoms with Crippen molar-refractivity contribution in [3.8, 4) is 0 Å². The van der Waals surface area contributed by atoms with Crippen molar-refractivity contribution in [1.82, 2.24) is 15.5 Å². The van der Waals surface area contributed by atoms with Gasteiger partial charge in [0.05, 0.1) is 0 Å². The van der Waals surface area contributed by atoms with E-state index < -0.39 is 23.8 Å². The number of rotatable bonds is 12. The number of thiol groups is 1. The summed E-state index contributed by atoms with van der Waals surface area (Å²) in [5.41, 5.74) is 2.16. The summed E-state index contributed by atoms with van der Waals surface area (Å²) in [5, 5.41) is 5.95. The van der Waals surface area contributed by atoms with E-state index >= 15 is 0 Å². The van der Waals surface area contributed by atoms with Crippen molar-refractivity contribution in [3.05, 3.63) is 34.9 Å². The Bertz CT molecular complexity index is 904. The van der Waals surface area contributed by atoms with Crippen LogP contribution in [0.3, 0.4) is 0 Å². The maximum Gasteiger partial charge on any atom is 0.408 e. The third kappa shape index (κ3) is 10.5. The maximum absolute atomic E-state index is 14.0. The van der Waals surface area contributed by atoms with Gasteiger partial charge in [-0.2, -0.15) is 12.6 Å². The van der Waals surface area contributed by atoms with E-state index in [2.05, 4.69) is 36.3 Å². The molecule has 7 nitrogen and oxygen atoms in total. The van der Waals surface area contributed by atoms with Crippen LogP contribution in [0.25, 0.3) is 0 Å². The van der Waals surface area contributed by atoms with Crippen molar-refractivity contribution in [3.63, 3.8) is 0 Å². The van der Waals surface area contributed by atoms with Crippen molar-refractivity contribution in [2.24, 2.45) is 0 Å². The van der Waals surface area contributed by atoms with Crippen LogP contribution >= 0.6 is 12.6 Å². The molecule has 214 valence electrons. The Labute approximate surface area is 235 Å². The number of ether oxygens (including phenoxy) is 1. The first-order chi connectivity index (χ1) is 17.9. The molecular formula is C30H49N3O4S. The lowest BCUT2D eigenvalue weighted by molar-refractivity contribution is -0.142. The molecule has 38 heavy (non-hydrogen) atoms. The molecule has 0 aliphatic heterocycles. The number of hydrogen-bond donors (Lipinski definition) is 3. The zero-order valence-corrected chi connectivity index (χ0v) is 25.2. The summed E-state index contributed by atoms with van der Waals surface area (Å²) in [4.78, 5) is 42.2. The summed E-state index contributed by atoms with van der Waals surface area (Å²) in [6.45, 7) is 11.9. The van der Waals surface area contributed by atoms with Crippen LogP contribution in [-0.2, 0) is 14.3 Å². The highest BCUT2D eigenvalue weighted by atomic mass is 32.1. The minimum atomic E-state index is -0.921. The first-order valence-electron chi connectivity index (χ1n) is 14.2. The molecule has 8 heteroatoms. The van der Waals surface area contributed by atoms with Gasteiger partial charge in [-0.3, -0.25) is 9.59 Å². The number of benzene rings is 1. The molecule has 2 rings (SSSR count). The molecule has 2 N–H and O–H groups in total. The normalized spacial score (nSPS) is 15.9. The number of hydrogen-bond acceptors (Lipinski definition) is 5. The van der Waals surface area contributed by atoms with Gasteiger partial charge in [-0.25, -0.2) is 4.79 Å². The van der Waals surface area contributed by atoms with E-state index in [-0.39, 0.29) is 23.6 Å². The van der Waals surface area contributed by atoms with Crippen molar-refractivity contribution in [1.29, 1.82) is 0 Å². The van der Waals surface area contributed by atoms with Crippen LogP contribution in [0, 0.1) is 13.8 Å². The van der Waals surface area contributed by atoms with Crippen LogP contribution in [0.15, 0.2) is 18.2 Å². The fourth-order valence-corrected chi connectivity index (χ4v) is 5.33. The summed E-state index contributed by atoms with van der Waals surface area (Å²) in [6, 6.07) is 4.43. The molecule has 2 unspecified atom stereocenters. The standard InChI is InChI=1S/C30H49N3O4S/c1-7-8-9-13-16-33(28(35)25(20-38)32-29(36)37-30(4,5)6)26(23-18-21(2)17-22(3)19-23)27(34)31-24-14-11-10-12-15-24/h17-19,24-26,38H,7-16,20H2,1-6H3,(H,31,34)(H,32,36). The molecular weight excluding hydrogens is 498 g/mol. The highest BCUT2D eigenvalue weighted by Crippen LogP contribution is 2.27. The zero-order chi connectivity index (χ0) is 28.3. The van der Waals surface area contributed by atoms with E-state index in [1.807, 2.05) is 26.0 Å². The van der Waals surface area contributed by atoms with Gasteiger partial charge in [0.15, 0.2) is 0 Å². The number of amides is 3. The summed E-state index contributed by atoms with van der Waals surface area (Å²) in [5.74, 6) is -0.404. The van der Waals surface area contributed by atoms with Gasteiger partial charge in [0, 0.05) is 18.3 Å². The molecule has 0 bridgehead atoms. The highest BCUT2D eigenvalue weighted by Gasteiger charge is 2.36. The Morgan fingerprint density at radius 3 is 2.21 bits per heavy atom. The first-order valence-corrected chi connectivity index (χ1v) is 14.9. The van der Waals surface area contributed by atoms with Crippen molar-refractivity contribution < 1.29 is 19.1 Å². The monoisotopic (exact) mass is 547 g/mol. The second kappa shape index (κ2) is 15.4. The molecule has 0 heterocycles. The molecule has 3 amide bonds. The Kier molecular flexibility index (Phi) is 13.0. The Balaban J connectivity index is 2.44. The van der Waals surface area contributed by atoms with Crippen LogP contribution in [0.5, 0.6) is 0 Å². The number of alkyl carbamates (subject to hydrolysis) is 1. The molecule has 1 aliphatic rings.